The van der Waals surface area contributed by atoms with Crippen molar-refractivity contribution in [1.82, 2.24) is 19.4 Å². The summed E-state index contributed by atoms with van der Waals surface area (Å²) in [6.45, 7) is 4.88. The lowest BCUT2D eigenvalue weighted by Crippen LogP contribution is -2.49. The summed E-state index contributed by atoms with van der Waals surface area (Å²) in [7, 11) is 0. The molecule has 3 rings (SSSR count). The van der Waals surface area contributed by atoms with Crippen molar-refractivity contribution in [3.05, 3.63) is 52.0 Å². The average Bonchev–Trinajstić information content (AvgIpc) is 2.99. The Morgan fingerprint density at radius 2 is 2.08 bits per heavy atom. The summed E-state index contributed by atoms with van der Waals surface area (Å²) in [5.74, 6) is -0.265. The van der Waals surface area contributed by atoms with Gasteiger partial charge in [0.2, 0.25) is 0 Å². The fraction of sp³-hybridized carbons (Fsp3) is 0.471. The molecule has 1 aliphatic heterocycles. The number of rotatable bonds is 3. The van der Waals surface area contributed by atoms with E-state index in [1.165, 1.54) is 0 Å². The predicted octanol–water partition coefficient (Wildman–Crippen LogP) is 0.856. The summed E-state index contributed by atoms with van der Waals surface area (Å²) in [4.78, 5) is 33.1. The second-order valence-corrected chi connectivity index (χ2v) is 6.59. The molecule has 0 aliphatic carbocycles. The Hall–Kier alpha value is -2.41. The zero-order chi connectivity index (χ0) is 17.3. The number of carbonyl (C=O) groups is 1. The molecule has 0 unspecified atom stereocenters. The van der Waals surface area contributed by atoms with E-state index < -0.39 is 5.60 Å². The minimum Gasteiger partial charge on any atom is -0.388 e. The van der Waals surface area contributed by atoms with Gasteiger partial charge in [0.05, 0.1) is 18.5 Å². The van der Waals surface area contributed by atoms with Crippen molar-refractivity contribution < 1.29 is 9.90 Å². The third-order valence-corrected chi connectivity index (χ3v) is 4.60. The summed E-state index contributed by atoms with van der Waals surface area (Å²) in [6.07, 6.45) is 6.10. The van der Waals surface area contributed by atoms with Crippen LogP contribution in [0.15, 0.2) is 29.6 Å². The van der Waals surface area contributed by atoms with E-state index in [1.807, 2.05) is 10.8 Å². The molecule has 0 atom stereocenters. The molecular weight excluding hydrogens is 308 g/mol. The van der Waals surface area contributed by atoms with Gasteiger partial charge >= 0.3 is 0 Å². The second-order valence-electron chi connectivity index (χ2n) is 6.59. The molecule has 7 heteroatoms. The first-order valence-electron chi connectivity index (χ1n) is 8.06. The number of amides is 1. The molecule has 24 heavy (non-hydrogen) atoms. The van der Waals surface area contributed by atoms with Gasteiger partial charge in [-0.3, -0.25) is 9.59 Å². The number of nitrogens with one attached hydrogen (secondary N) is 1. The van der Waals surface area contributed by atoms with E-state index in [1.54, 1.807) is 37.3 Å². The first-order chi connectivity index (χ1) is 11.4. The Morgan fingerprint density at radius 3 is 2.67 bits per heavy atom. The number of aliphatic hydroxyl groups is 1. The summed E-state index contributed by atoms with van der Waals surface area (Å²) in [5.41, 5.74) is 0.409. The summed E-state index contributed by atoms with van der Waals surface area (Å²) < 4.78 is 1.84. The van der Waals surface area contributed by atoms with Crippen LogP contribution in [-0.2, 0) is 6.54 Å². The lowest BCUT2D eigenvalue weighted by atomic mass is 9.91. The largest absolute Gasteiger partial charge is 0.388 e. The Bertz CT molecular complexity index is 787. The fourth-order valence-electron chi connectivity index (χ4n) is 3.28. The van der Waals surface area contributed by atoms with Gasteiger partial charge in [-0.2, -0.15) is 0 Å². The molecule has 1 saturated heterocycles. The van der Waals surface area contributed by atoms with Gasteiger partial charge in [-0.1, -0.05) is 0 Å². The van der Waals surface area contributed by atoms with Crippen LogP contribution in [-0.4, -0.2) is 49.1 Å². The highest BCUT2D eigenvalue weighted by atomic mass is 16.3. The quantitative estimate of drug-likeness (QED) is 0.873. The third kappa shape index (κ3) is 3.26. The molecule has 1 fully saturated rings. The van der Waals surface area contributed by atoms with Crippen LogP contribution in [0, 0.1) is 13.8 Å². The minimum atomic E-state index is -0.855. The van der Waals surface area contributed by atoms with E-state index in [9.17, 15) is 14.7 Å². The van der Waals surface area contributed by atoms with Crippen molar-refractivity contribution in [1.29, 1.82) is 0 Å². The van der Waals surface area contributed by atoms with Gasteiger partial charge in [-0.05, 0) is 38.3 Å². The van der Waals surface area contributed by atoms with Crippen LogP contribution in [0.5, 0.6) is 0 Å². The van der Waals surface area contributed by atoms with E-state index in [0.29, 0.717) is 38.0 Å². The Balaban J connectivity index is 1.71. The topological polar surface area (TPSA) is 91.2 Å². The van der Waals surface area contributed by atoms with E-state index in [-0.39, 0.29) is 17.0 Å². The van der Waals surface area contributed by atoms with Gasteiger partial charge in [0.15, 0.2) is 0 Å². The van der Waals surface area contributed by atoms with Gasteiger partial charge in [0, 0.05) is 31.2 Å². The van der Waals surface area contributed by atoms with Crippen LogP contribution >= 0.6 is 0 Å². The van der Waals surface area contributed by atoms with Crippen molar-refractivity contribution in [2.45, 2.75) is 38.8 Å². The number of nitrogens with zero attached hydrogens (tertiary/aromatic N) is 3. The van der Waals surface area contributed by atoms with Gasteiger partial charge in [-0.15, -0.1) is 0 Å². The predicted molar refractivity (Wildman–Crippen MR) is 88.9 cm³/mol. The number of hydrogen-bond donors (Lipinski definition) is 2. The number of aromatic amines is 1. The maximum absolute atomic E-state index is 12.7. The molecule has 2 aromatic rings. The molecular formula is C17H22N4O3. The second kappa shape index (κ2) is 6.24. The van der Waals surface area contributed by atoms with Gasteiger partial charge < -0.3 is 19.6 Å². The van der Waals surface area contributed by atoms with Gasteiger partial charge in [-0.25, -0.2) is 4.98 Å². The number of aromatic nitrogens is 3. The zero-order valence-electron chi connectivity index (χ0n) is 14.0. The molecule has 1 aliphatic rings. The highest BCUT2D eigenvalue weighted by Gasteiger charge is 2.35. The Kier molecular flexibility index (Phi) is 4.28. The van der Waals surface area contributed by atoms with E-state index in [0.717, 1.165) is 5.69 Å². The summed E-state index contributed by atoms with van der Waals surface area (Å²) in [6, 6.07) is 1.80. The molecule has 0 saturated carbocycles. The smallest absolute Gasteiger partial charge is 0.261 e. The number of pyridine rings is 1. The Labute approximate surface area is 140 Å². The monoisotopic (exact) mass is 330 g/mol. The maximum Gasteiger partial charge on any atom is 0.261 e. The number of imidazole rings is 1. The van der Waals surface area contributed by atoms with E-state index >= 15 is 0 Å². The summed E-state index contributed by atoms with van der Waals surface area (Å²) in [5, 5.41) is 10.7. The standard InChI is InChI=1S/C17H22N4O3/c1-12-9-13(2)19-15(22)14(12)16(23)21-6-3-17(24,4-7-21)10-20-8-5-18-11-20/h5,8-9,11,24H,3-4,6-7,10H2,1-2H3,(H,19,22). The molecule has 1 amide bonds. The molecule has 3 heterocycles. The van der Waals surface area contributed by atoms with Gasteiger partial charge in [0.25, 0.3) is 11.5 Å². The minimum absolute atomic E-state index is 0.195. The van der Waals surface area contributed by atoms with Crippen molar-refractivity contribution >= 4 is 5.91 Å². The number of hydrogen-bond acceptors (Lipinski definition) is 4. The number of aryl methyl sites for hydroxylation is 2. The summed E-state index contributed by atoms with van der Waals surface area (Å²) >= 11 is 0. The first kappa shape index (κ1) is 16.4. The van der Waals surface area contributed by atoms with E-state index in [4.69, 9.17) is 0 Å². The van der Waals surface area contributed by atoms with Crippen LogP contribution < -0.4 is 5.56 Å². The van der Waals surface area contributed by atoms with Crippen LogP contribution in [0.1, 0.15) is 34.5 Å². The highest BCUT2D eigenvalue weighted by Crippen LogP contribution is 2.25. The van der Waals surface area contributed by atoms with Crippen LogP contribution in [0.3, 0.4) is 0 Å². The number of likely N-dealkylation sites (tertiary alicyclic amines) is 1. The molecule has 7 nitrogen and oxygen atoms in total. The molecule has 2 aromatic heterocycles. The van der Waals surface area contributed by atoms with Gasteiger partial charge in [0.1, 0.15) is 5.56 Å². The van der Waals surface area contributed by atoms with E-state index in [2.05, 4.69) is 9.97 Å². The maximum atomic E-state index is 12.7. The highest BCUT2D eigenvalue weighted by molar-refractivity contribution is 5.95. The molecule has 128 valence electrons. The van der Waals surface area contributed by atoms with Crippen molar-refractivity contribution in [3.8, 4) is 0 Å². The number of H-pyrrole nitrogens is 1. The SMILES string of the molecule is Cc1cc(C)c(C(=O)N2CCC(O)(Cn3ccnc3)CC2)c(=O)[nH]1. The Morgan fingerprint density at radius 1 is 1.38 bits per heavy atom. The van der Waals surface area contributed by atoms with Crippen molar-refractivity contribution in [3.63, 3.8) is 0 Å². The normalized spacial score (nSPS) is 17.0. The van der Waals surface area contributed by atoms with Crippen LogP contribution in [0.25, 0.3) is 0 Å². The third-order valence-electron chi connectivity index (χ3n) is 4.60. The van der Waals surface area contributed by atoms with Crippen LogP contribution in [0.4, 0.5) is 0 Å². The molecule has 0 bridgehead atoms. The average molecular weight is 330 g/mol. The molecule has 0 spiro atoms. The van der Waals surface area contributed by atoms with Crippen molar-refractivity contribution in [2.75, 3.05) is 13.1 Å². The van der Waals surface area contributed by atoms with Crippen molar-refractivity contribution in [2.24, 2.45) is 0 Å². The lowest BCUT2D eigenvalue weighted by Gasteiger charge is -2.38. The fourth-order valence-corrected chi connectivity index (χ4v) is 3.28. The zero-order valence-corrected chi connectivity index (χ0v) is 14.0. The molecule has 2 N–H and O–H groups in total. The van der Waals surface area contributed by atoms with Crippen LogP contribution in [0.2, 0.25) is 0 Å². The number of carbonyl (C=O) groups excluding carboxylic acids is 1. The number of piperidine rings is 1. The first-order valence-corrected chi connectivity index (χ1v) is 8.06. The molecule has 0 radical (unpaired) electrons. The lowest BCUT2D eigenvalue weighted by molar-refractivity contribution is -0.0292. The molecule has 0 aromatic carbocycles.